The quantitative estimate of drug-likeness (QED) is 0.464. The van der Waals surface area contributed by atoms with Gasteiger partial charge in [-0.15, -0.1) is 0 Å². The fraction of sp³-hybridized carbons (Fsp3) is 0.533. The van der Waals surface area contributed by atoms with Crippen molar-refractivity contribution in [2.24, 2.45) is 11.8 Å². The number of ether oxygens (including phenoxy) is 1. The van der Waals surface area contributed by atoms with Crippen molar-refractivity contribution in [2.75, 3.05) is 20.2 Å². The average Bonchev–Trinajstić information content (AvgIpc) is 2.52. The Bertz CT molecular complexity index is 751. The third-order valence-electron chi connectivity index (χ3n) is 4.03. The van der Waals surface area contributed by atoms with Gasteiger partial charge in [0.25, 0.3) is 5.69 Å². The molecule has 1 aliphatic heterocycles. The maximum absolute atomic E-state index is 12.9. The van der Waals surface area contributed by atoms with E-state index in [1.165, 1.54) is 10.4 Å². The lowest BCUT2D eigenvalue weighted by atomic mass is 9.94. The maximum atomic E-state index is 12.9. The van der Waals surface area contributed by atoms with E-state index >= 15 is 0 Å². The summed E-state index contributed by atoms with van der Waals surface area (Å²) in [5.74, 6) is -0.406. The molecule has 0 N–H and O–H groups in total. The zero-order chi connectivity index (χ0) is 18.1. The minimum atomic E-state index is -4.01. The summed E-state index contributed by atoms with van der Waals surface area (Å²) in [5.41, 5.74) is -0.688. The Balaban J connectivity index is 2.49. The summed E-state index contributed by atoms with van der Waals surface area (Å²) < 4.78 is 31.5. The highest BCUT2D eigenvalue weighted by atomic mass is 32.2. The van der Waals surface area contributed by atoms with Crippen LogP contribution in [0.5, 0.6) is 0 Å². The van der Waals surface area contributed by atoms with Crippen molar-refractivity contribution in [3.8, 4) is 0 Å². The first-order valence-electron chi connectivity index (χ1n) is 7.53. The van der Waals surface area contributed by atoms with Gasteiger partial charge in [-0.05, 0) is 30.4 Å². The predicted molar refractivity (Wildman–Crippen MR) is 86.1 cm³/mol. The van der Waals surface area contributed by atoms with Crippen molar-refractivity contribution in [2.45, 2.75) is 25.2 Å². The predicted octanol–water partition coefficient (Wildman–Crippen LogP) is 2.05. The Morgan fingerprint density at radius 3 is 2.38 bits per heavy atom. The molecule has 1 saturated heterocycles. The van der Waals surface area contributed by atoms with Gasteiger partial charge in [-0.25, -0.2) is 13.2 Å². The fourth-order valence-electron chi connectivity index (χ4n) is 3.06. The second-order valence-corrected chi connectivity index (χ2v) is 8.11. The van der Waals surface area contributed by atoms with Crippen LogP contribution in [0, 0.1) is 22.0 Å². The number of nitrogens with zero attached hydrogens (tertiary/aromatic N) is 2. The van der Waals surface area contributed by atoms with Crippen LogP contribution in [0.1, 0.15) is 30.6 Å². The number of carbonyl (C=O) groups excluding carboxylic acids is 1. The van der Waals surface area contributed by atoms with Gasteiger partial charge in [0.15, 0.2) is 4.90 Å². The van der Waals surface area contributed by atoms with Crippen LogP contribution in [0.4, 0.5) is 5.69 Å². The Morgan fingerprint density at radius 2 is 1.88 bits per heavy atom. The van der Waals surface area contributed by atoms with E-state index in [0.717, 1.165) is 25.7 Å². The number of carbonyl (C=O) groups is 1. The van der Waals surface area contributed by atoms with Crippen LogP contribution in [0.3, 0.4) is 0 Å². The first kappa shape index (κ1) is 18.3. The smallest absolute Gasteiger partial charge is 0.338 e. The van der Waals surface area contributed by atoms with Gasteiger partial charge >= 0.3 is 5.97 Å². The van der Waals surface area contributed by atoms with Crippen LogP contribution >= 0.6 is 0 Å². The van der Waals surface area contributed by atoms with Crippen molar-refractivity contribution in [1.82, 2.24) is 4.31 Å². The summed E-state index contributed by atoms with van der Waals surface area (Å²) in [4.78, 5) is 21.6. The number of hydrogen-bond donors (Lipinski definition) is 0. The molecule has 1 fully saturated rings. The standard InChI is InChI=1S/C15H20N2O6S/c1-10-6-11(2)9-16(8-10)24(21,22)14-5-4-12(15(18)23-3)7-13(14)17(19)20/h4-5,7,10-11H,6,8-9H2,1-3H3. The molecule has 9 heteroatoms. The number of benzene rings is 1. The van der Waals surface area contributed by atoms with Gasteiger partial charge in [-0.3, -0.25) is 10.1 Å². The van der Waals surface area contributed by atoms with Crippen LogP contribution in [0.15, 0.2) is 23.1 Å². The van der Waals surface area contributed by atoms with Gasteiger partial charge in [0.2, 0.25) is 10.0 Å². The minimum Gasteiger partial charge on any atom is -0.465 e. The molecule has 1 heterocycles. The number of methoxy groups -OCH3 is 1. The van der Waals surface area contributed by atoms with Gasteiger partial charge in [0.1, 0.15) is 0 Å². The number of nitro groups is 1. The lowest BCUT2D eigenvalue weighted by molar-refractivity contribution is -0.387. The van der Waals surface area contributed by atoms with E-state index in [1.807, 2.05) is 13.8 Å². The summed E-state index contributed by atoms with van der Waals surface area (Å²) in [6, 6.07) is 3.27. The average molecular weight is 356 g/mol. The molecule has 0 aromatic heterocycles. The van der Waals surface area contributed by atoms with Crippen LogP contribution in [-0.2, 0) is 14.8 Å². The summed E-state index contributed by atoms with van der Waals surface area (Å²) >= 11 is 0. The molecule has 0 aliphatic carbocycles. The highest BCUT2D eigenvalue weighted by Crippen LogP contribution is 2.32. The molecule has 1 aromatic rings. The first-order valence-corrected chi connectivity index (χ1v) is 8.97. The van der Waals surface area contributed by atoms with E-state index in [-0.39, 0.29) is 17.4 Å². The molecular formula is C15H20N2O6S. The summed E-state index contributed by atoms with van der Waals surface area (Å²) in [6.45, 7) is 4.55. The van der Waals surface area contributed by atoms with Gasteiger partial charge in [-0.1, -0.05) is 13.8 Å². The van der Waals surface area contributed by atoms with E-state index in [0.29, 0.717) is 13.1 Å². The van der Waals surface area contributed by atoms with Crippen LogP contribution in [0.2, 0.25) is 0 Å². The zero-order valence-corrected chi connectivity index (χ0v) is 14.6. The Labute approximate surface area is 140 Å². The van der Waals surface area contributed by atoms with E-state index in [2.05, 4.69) is 4.74 Å². The van der Waals surface area contributed by atoms with E-state index in [1.54, 1.807) is 0 Å². The third-order valence-corrected chi connectivity index (χ3v) is 5.91. The second-order valence-electron chi connectivity index (χ2n) is 6.20. The van der Waals surface area contributed by atoms with Gasteiger partial charge in [0.05, 0.1) is 17.6 Å². The van der Waals surface area contributed by atoms with Crippen molar-refractivity contribution < 1.29 is 22.9 Å². The highest BCUT2D eigenvalue weighted by molar-refractivity contribution is 7.89. The number of esters is 1. The molecule has 0 amide bonds. The molecule has 2 unspecified atom stereocenters. The number of hydrogen-bond acceptors (Lipinski definition) is 6. The normalized spacial score (nSPS) is 22.1. The highest BCUT2D eigenvalue weighted by Gasteiger charge is 2.36. The molecule has 1 aliphatic rings. The molecule has 24 heavy (non-hydrogen) atoms. The Kier molecular flexibility index (Phi) is 5.24. The zero-order valence-electron chi connectivity index (χ0n) is 13.8. The fourth-order valence-corrected chi connectivity index (χ4v) is 4.88. The molecule has 2 atom stereocenters. The van der Waals surface area contributed by atoms with Crippen LogP contribution in [0.25, 0.3) is 0 Å². The monoisotopic (exact) mass is 356 g/mol. The van der Waals surface area contributed by atoms with Gasteiger partial charge in [0, 0.05) is 19.2 Å². The number of nitro benzene ring substituents is 1. The number of piperidine rings is 1. The summed E-state index contributed by atoms with van der Waals surface area (Å²) in [6.07, 6.45) is 0.912. The Hall–Kier alpha value is -2.00. The molecule has 0 saturated carbocycles. The molecule has 8 nitrogen and oxygen atoms in total. The molecule has 0 radical (unpaired) electrons. The van der Waals surface area contributed by atoms with E-state index in [4.69, 9.17) is 0 Å². The SMILES string of the molecule is COC(=O)c1ccc(S(=O)(=O)N2CC(C)CC(C)C2)c([N+](=O)[O-])c1. The molecular weight excluding hydrogens is 336 g/mol. The van der Waals surface area contributed by atoms with Crippen molar-refractivity contribution >= 4 is 21.7 Å². The number of sulfonamides is 1. The van der Waals surface area contributed by atoms with Gasteiger partial charge < -0.3 is 4.74 Å². The molecule has 132 valence electrons. The molecule has 1 aromatic carbocycles. The lowest BCUT2D eigenvalue weighted by Gasteiger charge is -2.33. The Morgan fingerprint density at radius 1 is 1.29 bits per heavy atom. The minimum absolute atomic E-state index is 0.0662. The van der Waals surface area contributed by atoms with Crippen LogP contribution < -0.4 is 0 Å². The maximum Gasteiger partial charge on any atom is 0.338 e. The summed E-state index contributed by atoms with van der Waals surface area (Å²) in [5, 5.41) is 11.3. The summed E-state index contributed by atoms with van der Waals surface area (Å²) in [7, 11) is -2.87. The van der Waals surface area contributed by atoms with Crippen molar-refractivity contribution in [3.63, 3.8) is 0 Å². The van der Waals surface area contributed by atoms with Crippen LogP contribution in [-0.4, -0.2) is 43.8 Å². The molecule has 2 rings (SSSR count). The van der Waals surface area contributed by atoms with E-state index < -0.39 is 31.5 Å². The first-order chi connectivity index (χ1) is 11.2. The molecule has 0 bridgehead atoms. The third kappa shape index (κ3) is 3.57. The van der Waals surface area contributed by atoms with Crippen molar-refractivity contribution in [1.29, 1.82) is 0 Å². The lowest BCUT2D eigenvalue weighted by Crippen LogP contribution is -2.42. The van der Waals surface area contributed by atoms with Crippen molar-refractivity contribution in [3.05, 3.63) is 33.9 Å². The second kappa shape index (κ2) is 6.86. The van der Waals surface area contributed by atoms with E-state index in [9.17, 15) is 23.3 Å². The largest absolute Gasteiger partial charge is 0.465 e. The number of rotatable bonds is 4. The topological polar surface area (TPSA) is 107 Å². The molecule has 0 spiro atoms. The van der Waals surface area contributed by atoms with Gasteiger partial charge in [-0.2, -0.15) is 4.31 Å².